The predicted molar refractivity (Wildman–Crippen MR) is 65.1 cm³/mol. The normalized spacial score (nSPS) is 11.1. The summed E-state index contributed by atoms with van der Waals surface area (Å²) < 4.78 is 5.12. The molecule has 16 heavy (non-hydrogen) atoms. The van der Waals surface area contributed by atoms with Gasteiger partial charge < -0.3 is 10.1 Å². The van der Waals surface area contributed by atoms with Crippen LogP contribution >= 0.6 is 11.6 Å². The maximum Gasteiger partial charge on any atom is 0.413 e. The van der Waals surface area contributed by atoms with Crippen molar-refractivity contribution in [1.29, 1.82) is 0 Å². The Morgan fingerprint density at radius 2 is 2.00 bits per heavy atom. The first-order valence-corrected chi connectivity index (χ1v) is 5.42. The fourth-order valence-corrected chi connectivity index (χ4v) is 1.30. The molecule has 0 atom stereocenters. The van der Waals surface area contributed by atoms with Gasteiger partial charge in [0, 0.05) is 5.54 Å². The van der Waals surface area contributed by atoms with Crippen molar-refractivity contribution in [2.24, 2.45) is 0 Å². The zero-order valence-corrected chi connectivity index (χ0v) is 10.7. The molecule has 1 aromatic carbocycles. The zero-order chi connectivity index (χ0) is 12.3. The van der Waals surface area contributed by atoms with Crippen molar-refractivity contribution in [3.05, 3.63) is 28.8 Å². The molecule has 0 fully saturated rings. The average molecular weight is 242 g/mol. The summed E-state index contributed by atoms with van der Waals surface area (Å²) in [7, 11) is 0. The second-order valence-corrected chi connectivity index (χ2v) is 5.03. The molecule has 1 N–H and O–H groups in total. The van der Waals surface area contributed by atoms with Crippen LogP contribution in [0.3, 0.4) is 0 Å². The number of nitrogens with one attached hydrogen (secondary N) is 1. The summed E-state index contributed by atoms with van der Waals surface area (Å²) in [4.78, 5) is 11.5. The lowest BCUT2D eigenvalue weighted by atomic mass is 10.1. The summed E-state index contributed by atoms with van der Waals surface area (Å²) >= 11 is 6.00. The summed E-state index contributed by atoms with van der Waals surface area (Å²) in [6.45, 7) is 7.50. The molecule has 88 valence electrons. The molecular formula is C12H16ClNO2. The van der Waals surface area contributed by atoms with Gasteiger partial charge in [0.05, 0.1) is 5.02 Å². The Morgan fingerprint density at radius 3 is 2.56 bits per heavy atom. The number of halogens is 1. The van der Waals surface area contributed by atoms with E-state index < -0.39 is 6.09 Å². The lowest BCUT2D eigenvalue weighted by Crippen LogP contribution is -2.42. The largest absolute Gasteiger partial charge is 0.413 e. The number of ether oxygens (including phenoxy) is 1. The molecule has 0 spiro atoms. The minimum absolute atomic E-state index is 0.326. The second-order valence-electron chi connectivity index (χ2n) is 4.65. The van der Waals surface area contributed by atoms with Crippen LogP contribution in [0, 0.1) is 6.92 Å². The van der Waals surface area contributed by atoms with E-state index in [0.717, 1.165) is 5.56 Å². The van der Waals surface area contributed by atoms with E-state index in [4.69, 9.17) is 16.3 Å². The lowest BCUT2D eigenvalue weighted by molar-refractivity contribution is 0.190. The molecule has 0 saturated heterocycles. The quantitative estimate of drug-likeness (QED) is 0.817. The number of hydrogen-bond acceptors (Lipinski definition) is 2. The van der Waals surface area contributed by atoms with Crippen molar-refractivity contribution in [3.8, 4) is 5.75 Å². The van der Waals surface area contributed by atoms with E-state index in [-0.39, 0.29) is 5.54 Å². The van der Waals surface area contributed by atoms with Crippen LogP contribution in [0.2, 0.25) is 5.02 Å². The zero-order valence-electron chi connectivity index (χ0n) is 9.93. The van der Waals surface area contributed by atoms with E-state index >= 15 is 0 Å². The number of benzene rings is 1. The molecule has 0 aliphatic heterocycles. The van der Waals surface area contributed by atoms with Crippen LogP contribution in [-0.2, 0) is 0 Å². The van der Waals surface area contributed by atoms with Crippen LogP contribution < -0.4 is 10.1 Å². The summed E-state index contributed by atoms with van der Waals surface area (Å²) in [5.74, 6) is 0.378. The van der Waals surface area contributed by atoms with Gasteiger partial charge >= 0.3 is 6.09 Å². The SMILES string of the molecule is Cc1cccc(OC(=O)NC(C)(C)C)c1Cl. The van der Waals surface area contributed by atoms with Crippen LogP contribution in [0.1, 0.15) is 26.3 Å². The van der Waals surface area contributed by atoms with Crippen LogP contribution in [0.4, 0.5) is 4.79 Å². The van der Waals surface area contributed by atoms with Crippen LogP contribution in [0.15, 0.2) is 18.2 Å². The Morgan fingerprint density at radius 1 is 1.38 bits per heavy atom. The first-order valence-electron chi connectivity index (χ1n) is 5.05. The number of carbonyl (C=O) groups excluding carboxylic acids is 1. The standard InChI is InChI=1S/C12H16ClNO2/c1-8-6-5-7-9(10(8)13)16-11(15)14-12(2,3)4/h5-7H,1-4H3,(H,14,15). The highest BCUT2D eigenvalue weighted by atomic mass is 35.5. The van der Waals surface area contributed by atoms with Gasteiger partial charge in [-0.15, -0.1) is 0 Å². The Balaban J connectivity index is 2.74. The fourth-order valence-electron chi connectivity index (χ4n) is 1.13. The predicted octanol–water partition coefficient (Wildman–Crippen LogP) is 3.54. The van der Waals surface area contributed by atoms with Gasteiger partial charge in [-0.2, -0.15) is 0 Å². The van der Waals surface area contributed by atoms with Crippen molar-refractivity contribution in [2.45, 2.75) is 33.2 Å². The Hall–Kier alpha value is -1.22. The van der Waals surface area contributed by atoms with Gasteiger partial charge in [0.1, 0.15) is 0 Å². The second kappa shape index (κ2) is 4.74. The Kier molecular flexibility index (Phi) is 3.81. The van der Waals surface area contributed by atoms with Gasteiger partial charge in [0.15, 0.2) is 5.75 Å². The summed E-state index contributed by atoms with van der Waals surface area (Å²) in [6, 6.07) is 5.31. The van der Waals surface area contributed by atoms with Crippen molar-refractivity contribution in [2.75, 3.05) is 0 Å². The van der Waals surface area contributed by atoms with Gasteiger partial charge in [0.25, 0.3) is 0 Å². The molecule has 1 amide bonds. The Bertz CT molecular complexity index is 396. The molecule has 0 aliphatic rings. The molecule has 0 bridgehead atoms. The first-order chi connectivity index (χ1) is 7.29. The highest BCUT2D eigenvalue weighted by Crippen LogP contribution is 2.27. The van der Waals surface area contributed by atoms with E-state index in [1.807, 2.05) is 33.8 Å². The fraction of sp³-hybridized carbons (Fsp3) is 0.417. The first kappa shape index (κ1) is 12.8. The third kappa shape index (κ3) is 3.74. The van der Waals surface area contributed by atoms with Crippen LogP contribution in [0.5, 0.6) is 5.75 Å². The maximum atomic E-state index is 11.5. The summed E-state index contributed by atoms with van der Waals surface area (Å²) in [5, 5.41) is 3.16. The van der Waals surface area contributed by atoms with Crippen molar-refractivity contribution >= 4 is 17.7 Å². The Labute approximate surface area is 101 Å². The number of aryl methyl sites for hydroxylation is 1. The van der Waals surface area contributed by atoms with Gasteiger partial charge in [-0.3, -0.25) is 0 Å². The lowest BCUT2D eigenvalue weighted by Gasteiger charge is -2.20. The summed E-state index contributed by atoms with van der Waals surface area (Å²) in [5.41, 5.74) is 0.552. The monoisotopic (exact) mass is 241 g/mol. The van der Waals surface area contributed by atoms with E-state index in [1.54, 1.807) is 12.1 Å². The van der Waals surface area contributed by atoms with Crippen molar-refractivity contribution in [3.63, 3.8) is 0 Å². The third-order valence-corrected chi connectivity index (χ3v) is 2.32. The molecule has 0 aromatic heterocycles. The highest BCUT2D eigenvalue weighted by molar-refractivity contribution is 6.32. The van der Waals surface area contributed by atoms with Crippen molar-refractivity contribution < 1.29 is 9.53 Å². The molecule has 3 nitrogen and oxygen atoms in total. The van der Waals surface area contributed by atoms with Gasteiger partial charge in [0.2, 0.25) is 0 Å². The molecule has 0 saturated carbocycles. The van der Waals surface area contributed by atoms with E-state index in [0.29, 0.717) is 10.8 Å². The van der Waals surface area contributed by atoms with Gasteiger partial charge in [-0.25, -0.2) is 4.79 Å². The number of rotatable bonds is 1. The number of carbonyl (C=O) groups is 1. The summed E-state index contributed by atoms with van der Waals surface area (Å²) in [6.07, 6.45) is -0.500. The van der Waals surface area contributed by atoms with Crippen LogP contribution in [0.25, 0.3) is 0 Å². The third-order valence-electron chi connectivity index (χ3n) is 1.84. The molecule has 0 aliphatic carbocycles. The molecule has 0 heterocycles. The molecule has 4 heteroatoms. The van der Waals surface area contributed by atoms with Crippen LogP contribution in [-0.4, -0.2) is 11.6 Å². The molecule has 1 aromatic rings. The topological polar surface area (TPSA) is 38.3 Å². The molecule has 1 rings (SSSR count). The number of hydrogen-bond donors (Lipinski definition) is 1. The minimum Gasteiger partial charge on any atom is -0.409 e. The number of amides is 1. The minimum atomic E-state index is -0.500. The van der Waals surface area contributed by atoms with E-state index in [9.17, 15) is 4.79 Å². The maximum absolute atomic E-state index is 11.5. The highest BCUT2D eigenvalue weighted by Gasteiger charge is 2.16. The molecule has 0 unspecified atom stereocenters. The van der Waals surface area contributed by atoms with Gasteiger partial charge in [-0.1, -0.05) is 23.7 Å². The molecule has 0 radical (unpaired) electrons. The smallest absolute Gasteiger partial charge is 0.409 e. The van der Waals surface area contributed by atoms with E-state index in [2.05, 4.69) is 5.32 Å². The van der Waals surface area contributed by atoms with Crippen molar-refractivity contribution in [1.82, 2.24) is 5.32 Å². The average Bonchev–Trinajstić information content (AvgIpc) is 2.09. The molecular weight excluding hydrogens is 226 g/mol. The van der Waals surface area contributed by atoms with E-state index in [1.165, 1.54) is 0 Å². The van der Waals surface area contributed by atoms with Gasteiger partial charge in [-0.05, 0) is 39.3 Å².